The Labute approximate surface area is 156 Å². The molecule has 0 unspecified atom stereocenters. The molecule has 1 aliphatic carbocycles. The van der Waals surface area contributed by atoms with E-state index in [1.807, 2.05) is 12.1 Å². The lowest BCUT2D eigenvalue weighted by atomic mass is 9.95. The first kappa shape index (κ1) is 17.8. The Bertz CT molecular complexity index is 617. The summed E-state index contributed by atoms with van der Waals surface area (Å²) in [6, 6.07) is 4.41. The number of nitrogens with zero attached hydrogens (tertiary/aromatic N) is 3. The molecule has 3 heterocycles. The predicted octanol–water partition coefficient (Wildman–Crippen LogP) is 3.49. The average Bonchev–Trinajstić information content (AvgIpc) is 3.31. The molecule has 1 aromatic rings. The second-order valence-electron chi connectivity index (χ2n) is 8.32. The predicted molar refractivity (Wildman–Crippen MR) is 102 cm³/mol. The van der Waals surface area contributed by atoms with Gasteiger partial charge in [0.25, 0.3) is 5.91 Å². The number of hydrogen-bond acceptors (Lipinski definition) is 4. The summed E-state index contributed by atoms with van der Waals surface area (Å²) in [6.45, 7) is 6.79. The van der Waals surface area contributed by atoms with Gasteiger partial charge in [-0.3, -0.25) is 4.79 Å². The van der Waals surface area contributed by atoms with Crippen LogP contribution in [0.4, 0.5) is 5.82 Å². The molecule has 5 heteroatoms. The highest BCUT2D eigenvalue weighted by molar-refractivity contribution is 5.94. The van der Waals surface area contributed by atoms with Crippen LogP contribution in [0.1, 0.15) is 62.7 Å². The van der Waals surface area contributed by atoms with Gasteiger partial charge in [0.1, 0.15) is 5.82 Å². The largest absolute Gasteiger partial charge is 0.372 e. The van der Waals surface area contributed by atoms with Gasteiger partial charge < -0.3 is 14.5 Å². The second-order valence-corrected chi connectivity index (χ2v) is 8.32. The van der Waals surface area contributed by atoms with E-state index in [9.17, 15) is 4.79 Å². The van der Waals surface area contributed by atoms with Crippen molar-refractivity contribution in [3.05, 3.63) is 23.9 Å². The minimum atomic E-state index is 0.169. The third-order valence-corrected chi connectivity index (χ3v) is 6.24. The number of anilines is 1. The van der Waals surface area contributed by atoms with Crippen LogP contribution in [-0.2, 0) is 4.74 Å². The number of morpholine rings is 1. The molecule has 3 aliphatic rings. The summed E-state index contributed by atoms with van der Waals surface area (Å²) in [4.78, 5) is 22.1. The van der Waals surface area contributed by atoms with Gasteiger partial charge in [0.05, 0.1) is 17.8 Å². The van der Waals surface area contributed by atoms with Crippen LogP contribution < -0.4 is 4.90 Å². The molecule has 0 bridgehead atoms. The summed E-state index contributed by atoms with van der Waals surface area (Å²) in [5.74, 6) is 1.82. The Morgan fingerprint density at radius 2 is 1.81 bits per heavy atom. The Balaban J connectivity index is 1.45. The number of amides is 1. The van der Waals surface area contributed by atoms with Crippen molar-refractivity contribution in [2.45, 2.75) is 70.6 Å². The number of ether oxygens (including phenoxy) is 1. The van der Waals surface area contributed by atoms with Gasteiger partial charge in [-0.25, -0.2) is 4.98 Å². The molecule has 2 aliphatic heterocycles. The Morgan fingerprint density at radius 3 is 2.46 bits per heavy atom. The summed E-state index contributed by atoms with van der Waals surface area (Å²) in [5, 5.41) is 0. The lowest BCUT2D eigenvalue weighted by Gasteiger charge is -2.36. The summed E-state index contributed by atoms with van der Waals surface area (Å²) < 4.78 is 5.80. The van der Waals surface area contributed by atoms with E-state index in [2.05, 4.69) is 28.6 Å². The van der Waals surface area contributed by atoms with Gasteiger partial charge in [-0.05, 0) is 57.6 Å². The van der Waals surface area contributed by atoms with Gasteiger partial charge in [-0.1, -0.05) is 12.8 Å². The molecule has 1 aromatic heterocycles. The van der Waals surface area contributed by atoms with E-state index in [4.69, 9.17) is 4.74 Å². The first-order valence-electron chi connectivity index (χ1n) is 10.3. The fourth-order valence-electron chi connectivity index (χ4n) is 5.11. The molecule has 0 radical (unpaired) electrons. The zero-order valence-electron chi connectivity index (χ0n) is 16.1. The SMILES string of the molecule is C[C@@H]1CN(c2ccc(C(=O)N3CCC[C@@H]3C3CCCC3)cn2)C[C@H](C)O1. The number of hydrogen-bond donors (Lipinski definition) is 0. The summed E-state index contributed by atoms with van der Waals surface area (Å²) >= 11 is 0. The minimum Gasteiger partial charge on any atom is -0.372 e. The lowest BCUT2D eigenvalue weighted by Crippen LogP contribution is -2.45. The fraction of sp³-hybridized carbons (Fsp3) is 0.714. The van der Waals surface area contributed by atoms with Crippen molar-refractivity contribution in [1.82, 2.24) is 9.88 Å². The van der Waals surface area contributed by atoms with Crippen molar-refractivity contribution in [2.24, 2.45) is 5.92 Å². The molecule has 1 amide bonds. The molecule has 5 nitrogen and oxygen atoms in total. The topological polar surface area (TPSA) is 45.7 Å². The number of rotatable bonds is 3. The smallest absolute Gasteiger partial charge is 0.255 e. The highest BCUT2D eigenvalue weighted by atomic mass is 16.5. The number of likely N-dealkylation sites (tertiary alicyclic amines) is 1. The zero-order valence-corrected chi connectivity index (χ0v) is 16.1. The van der Waals surface area contributed by atoms with Crippen molar-refractivity contribution in [2.75, 3.05) is 24.5 Å². The van der Waals surface area contributed by atoms with Crippen LogP contribution >= 0.6 is 0 Å². The van der Waals surface area contributed by atoms with Gasteiger partial charge in [-0.15, -0.1) is 0 Å². The van der Waals surface area contributed by atoms with Crippen LogP contribution in [0.5, 0.6) is 0 Å². The lowest BCUT2D eigenvalue weighted by molar-refractivity contribution is -0.00546. The van der Waals surface area contributed by atoms with Crippen LogP contribution in [0.25, 0.3) is 0 Å². The molecular weight excluding hydrogens is 326 g/mol. The minimum absolute atomic E-state index is 0.169. The normalized spacial score (nSPS) is 30.2. The van der Waals surface area contributed by atoms with E-state index in [-0.39, 0.29) is 18.1 Å². The Hall–Kier alpha value is -1.62. The van der Waals surface area contributed by atoms with Crippen molar-refractivity contribution in [3.8, 4) is 0 Å². The highest BCUT2D eigenvalue weighted by Gasteiger charge is 2.36. The van der Waals surface area contributed by atoms with E-state index in [1.165, 1.54) is 32.1 Å². The summed E-state index contributed by atoms with van der Waals surface area (Å²) in [6.07, 6.45) is 9.74. The highest BCUT2D eigenvalue weighted by Crippen LogP contribution is 2.36. The van der Waals surface area contributed by atoms with Gasteiger partial charge in [-0.2, -0.15) is 0 Å². The molecule has 26 heavy (non-hydrogen) atoms. The standard InChI is InChI=1S/C21H31N3O2/c1-15-13-23(14-16(2)26-15)20-10-9-18(12-22-20)21(25)24-11-5-8-19(24)17-6-3-4-7-17/h9-10,12,15-17,19H,3-8,11,13-14H2,1-2H3/t15-,16+,19-/m1/s1. The van der Waals surface area contributed by atoms with Crippen LogP contribution in [0.2, 0.25) is 0 Å². The molecule has 1 saturated carbocycles. The maximum atomic E-state index is 13.1. The molecule has 0 spiro atoms. The maximum Gasteiger partial charge on any atom is 0.255 e. The van der Waals surface area contributed by atoms with Crippen LogP contribution in [0.3, 0.4) is 0 Å². The van der Waals surface area contributed by atoms with E-state index >= 15 is 0 Å². The van der Waals surface area contributed by atoms with Crippen molar-refractivity contribution in [1.29, 1.82) is 0 Å². The van der Waals surface area contributed by atoms with Crippen LogP contribution in [-0.4, -0.2) is 53.7 Å². The molecule has 2 saturated heterocycles. The van der Waals surface area contributed by atoms with Gasteiger partial charge in [0, 0.05) is 31.9 Å². The summed E-state index contributed by atoms with van der Waals surface area (Å²) in [7, 11) is 0. The monoisotopic (exact) mass is 357 g/mol. The molecule has 4 rings (SSSR count). The number of aromatic nitrogens is 1. The molecule has 3 atom stereocenters. The van der Waals surface area contributed by atoms with Gasteiger partial charge in [0.2, 0.25) is 0 Å². The fourth-order valence-corrected chi connectivity index (χ4v) is 5.11. The van der Waals surface area contributed by atoms with E-state index in [1.54, 1.807) is 6.20 Å². The third-order valence-electron chi connectivity index (χ3n) is 6.24. The molecule has 142 valence electrons. The summed E-state index contributed by atoms with van der Waals surface area (Å²) in [5.41, 5.74) is 0.730. The van der Waals surface area contributed by atoms with Crippen LogP contribution in [0.15, 0.2) is 18.3 Å². The van der Waals surface area contributed by atoms with Crippen LogP contribution in [0, 0.1) is 5.92 Å². The average molecular weight is 357 g/mol. The maximum absolute atomic E-state index is 13.1. The van der Waals surface area contributed by atoms with Crippen molar-refractivity contribution < 1.29 is 9.53 Å². The number of carbonyl (C=O) groups excluding carboxylic acids is 1. The van der Waals surface area contributed by atoms with Gasteiger partial charge >= 0.3 is 0 Å². The number of carbonyl (C=O) groups is 1. The quantitative estimate of drug-likeness (QED) is 0.831. The molecule has 3 fully saturated rings. The first-order chi connectivity index (χ1) is 12.6. The van der Waals surface area contributed by atoms with Gasteiger partial charge in [0.15, 0.2) is 0 Å². The number of pyridine rings is 1. The first-order valence-corrected chi connectivity index (χ1v) is 10.3. The molecule has 0 N–H and O–H groups in total. The third kappa shape index (κ3) is 3.59. The second kappa shape index (κ2) is 7.55. The van der Waals surface area contributed by atoms with E-state index in [0.29, 0.717) is 12.0 Å². The Morgan fingerprint density at radius 1 is 1.08 bits per heavy atom. The van der Waals surface area contributed by atoms with E-state index < -0.39 is 0 Å². The molecular formula is C21H31N3O2. The van der Waals surface area contributed by atoms with E-state index in [0.717, 1.165) is 37.4 Å². The molecule has 0 aromatic carbocycles. The Kier molecular flexibility index (Phi) is 5.16. The van der Waals surface area contributed by atoms with Crippen molar-refractivity contribution >= 4 is 11.7 Å². The van der Waals surface area contributed by atoms with Crippen molar-refractivity contribution in [3.63, 3.8) is 0 Å². The zero-order chi connectivity index (χ0) is 18.1.